The fraction of sp³-hybridized carbons (Fsp3) is 0.716. The van der Waals surface area contributed by atoms with Crippen LogP contribution in [0.15, 0.2) is 97.2 Å². The molecule has 418 valence electrons. The molecule has 73 heavy (non-hydrogen) atoms. The van der Waals surface area contributed by atoms with Crippen LogP contribution in [0.3, 0.4) is 0 Å². The van der Waals surface area contributed by atoms with E-state index in [9.17, 15) is 14.4 Å². The highest BCUT2D eigenvalue weighted by Crippen LogP contribution is 2.16. The molecule has 0 saturated carbocycles. The Labute approximate surface area is 451 Å². The van der Waals surface area contributed by atoms with Gasteiger partial charge < -0.3 is 14.2 Å². The number of carbonyl (C=O) groups is 3. The molecule has 0 N–H and O–H groups in total. The molecule has 0 aliphatic rings. The van der Waals surface area contributed by atoms with Gasteiger partial charge in [-0.05, 0) is 96.3 Å². The Hall–Kier alpha value is -3.67. The van der Waals surface area contributed by atoms with Crippen molar-refractivity contribution in [3.63, 3.8) is 0 Å². The van der Waals surface area contributed by atoms with Gasteiger partial charge in [-0.2, -0.15) is 0 Å². The van der Waals surface area contributed by atoms with Crippen LogP contribution in [-0.2, 0) is 28.6 Å². The maximum Gasteiger partial charge on any atom is 0.306 e. The van der Waals surface area contributed by atoms with Gasteiger partial charge in [0.2, 0.25) is 0 Å². The van der Waals surface area contributed by atoms with E-state index in [1.807, 2.05) is 0 Å². The Morgan fingerprint density at radius 1 is 0.288 bits per heavy atom. The van der Waals surface area contributed by atoms with Crippen LogP contribution in [0.25, 0.3) is 0 Å². The molecule has 0 amide bonds. The number of esters is 3. The van der Waals surface area contributed by atoms with Gasteiger partial charge in [0.1, 0.15) is 13.2 Å². The van der Waals surface area contributed by atoms with Crippen LogP contribution in [0.1, 0.15) is 290 Å². The lowest BCUT2D eigenvalue weighted by atomic mass is 10.0. The third kappa shape index (κ3) is 59.1. The number of allylic oxidation sites excluding steroid dienone is 16. The SMILES string of the molecule is CC/C=C\C/C=C\C/C=C\C/C=C\C/C=C\CCCCCCCCCCCCCCCCCCCC(=O)OCC(COC(=O)CCCCCCCCC)OC(=O)CCCCCCC/C=C\C/C=C\C/C=C\CC. The van der Waals surface area contributed by atoms with Gasteiger partial charge in [-0.3, -0.25) is 14.4 Å². The van der Waals surface area contributed by atoms with E-state index in [4.69, 9.17) is 14.2 Å². The van der Waals surface area contributed by atoms with Crippen molar-refractivity contribution in [1.29, 1.82) is 0 Å². The highest BCUT2D eigenvalue weighted by molar-refractivity contribution is 5.71. The zero-order chi connectivity index (χ0) is 52.9. The Morgan fingerprint density at radius 3 is 0.836 bits per heavy atom. The van der Waals surface area contributed by atoms with E-state index in [1.165, 1.54) is 122 Å². The summed E-state index contributed by atoms with van der Waals surface area (Å²) in [5.41, 5.74) is 0. The van der Waals surface area contributed by atoms with Gasteiger partial charge in [0, 0.05) is 19.3 Å². The molecule has 0 saturated heterocycles. The van der Waals surface area contributed by atoms with Crippen LogP contribution in [0, 0.1) is 0 Å². The smallest absolute Gasteiger partial charge is 0.306 e. The number of carbonyl (C=O) groups excluding carboxylic acids is 3. The maximum atomic E-state index is 12.8. The average molecular weight is 1020 g/mol. The third-order valence-corrected chi connectivity index (χ3v) is 13.1. The molecule has 6 nitrogen and oxygen atoms in total. The summed E-state index contributed by atoms with van der Waals surface area (Å²) in [4.78, 5) is 38.0. The van der Waals surface area contributed by atoms with Gasteiger partial charge >= 0.3 is 17.9 Å². The first-order valence-corrected chi connectivity index (χ1v) is 30.7. The molecule has 0 radical (unpaired) electrons. The quantitative estimate of drug-likeness (QED) is 0.0261. The fourth-order valence-electron chi connectivity index (χ4n) is 8.54. The topological polar surface area (TPSA) is 78.9 Å². The van der Waals surface area contributed by atoms with Crippen molar-refractivity contribution in [1.82, 2.24) is 0 Å². The van der Waals surface area contributed by atoms with Gasteiger partial charge in [0.05, 0.1) is 0 Å². The monoisotopic (exact) mass is 1010 g/mol. The molecule has 0 aliphatic heterocycles. The van der Waals surface area contributed by atoms with E-state index >= 15 is 0 Å². The molecular formula is C67H114O6. The minimum absolute atomic E-state index is 0.0814. The van der Waals surface area contributed by atoms with Crippen molar-refractivity contribution in [2.75, 3.05) is 13.2 Å². The van der Waals surface area contributed by atoms with E-state index in [0.717, 1.165) is 128 Å². The first kappa shape index (κ1) is 69.3. The largest absolute Gasteiger partial charge is 0.462 e. The summed E-state index contributed by atoms with van der Waals surface area (Å²) in [5.74, 6) is -0.899. The zero-order valence-electron chi connectivity index (χ0n) is 47.9. The molecule has 0 heterocycles. The summed E-state index contributed by atoms with van der Waals surface area (Å²) < 4.78 is 16.8. The highest BCUT2D eigenvalue weighted by atomic mass is 16.6. The summed E-state index contributed by atoms with van der Waals surface area (Å²) in [6.07, 6.45) is 81.6. The minimum atomic E-state index is -0.782. The van der Waals surface area contributed by atoms with Crippen molar-refractivity contribution in [2.24, 2.45) is 0 Å². The molecule has 1 atom stereocenters. The number of hydrogen-bond donors (Lipinski definition) is 0. The number of rotatable bonds is 55. The Kier molecular flexibility index (Phi) is 57.8. The number of unbranched alkanes of at least 4 members (excludes halogenated alkanes) is 28. The first-order valence-electron chi connectivity index (χ1n) is 30.7. The molecule has 1 unspecified atom stereocenters. The maximum absolute atomic E-state index is 12.8. The first-order chi connectivity index (χ1) is 36.0. The molecule has 0 fully saturated rings. The summed E-state index contributed by atoms with van der Waals surface area (Å²) in [6.45, 7) is 6.37. The van der Waals surface area contributed by atoms with Crippen LogP contribution in [-0.4, -0.2) is 37.2 Å². The Bertz CT molecular complexity index is 1440. The molecule has 0 rings (SSSR count). The van der Waals surface area contributed by atoms with E-state index in [2.05, 4.69) is 118 Å². The van der Waals surface area contributed by atoms with E-state index in [1.54, 1.807) is 0 Å². The van der Waals surface area contributed by atoms with Crippen molar-refractivity contribution < 1.29 is 28.6 Å². The highest BCUT2D eigenvalue weighted by Gasteiger charge is 2.19. The van der Waals surface area contributed by atoms with Crippen molar-refractivity contribution in [3.05, 3.63) is 97.2 Å². The lowest BCUT2D eigenvalue weighted by Gasteiger charge is -2.18. The number of ether oxygens (including phenoxy) is 3. The summed E-state index contributed by atoms with van der Waals surface area (Å²) in [6, 6.07) is 0. The molecule has 0 aliphatic carbocycles. The summed E-state index contributed by atoms with van der Waals surface area (Å²) >= 11 is 0. The molecular weight excluding hydrogens is 901 g/mol. The average Bonchev–Trinajstić information content (AvgIpc) is 3.39. The van der Waals surface area contributed by atoms with Gasteiger partial charge in [-0.1, -0.05) is 272 Å². The summed E-state index contributed by atoms with van der Waals surface area (Å²) in [7, 11) is 0. The van der Waals surface area contributed by atoms with Gasteiger partial charge in [0.25, 0.3) is 0 Å². The predicted octanol–water partition coefficient (Wildman–Crippen LogP) is 20.9. The van der Waals surface area contributed by atoms with Crippen LogP contribution in [0.2, 0.25) is 0 Å². The van der Waals surface area contributed by atoms with Crippen molar-refractivity contribution >= 4 is 17.9 Å². The molecule has 0 aromatic heterocycles. The van der Waals surface area contributed by atoms with Crippen LogP contribution in [0.5, 0.6) is 0 Å². The van der Waals surface area contributed by atoms with E-state index in [0.29, 0.717) is 19.3 Å². The molecule has 0 aromatic rings. The van der Waals surface area contributed by atoms with Gasteiger partial charge in [-0.15, -0.1) is 0 Å². The zero-order valence-corrected chi connectivity index (χ0v) is 47.9. The molecule has 0 bridgehead atoms. The molecule has 0 aromatic carbocycles. The second kappa shape index (κ2) is 60.9. The minimum Gasteiger partial charge on any atom is -0.462 e. The van der Waals surface area contributed by atoms with E-state index in [-0.39, 0.29) is 31.1 Å². The summed E-state index contributed by atoms with van der Waals surface area (Å²) in [5, 5.41) is 0. The van der Waals surface area contributed by atoms with Crippen molar-refractivity contribution in [3.8, 4) is 0 Å². The standard InChI is InChI=1S/C67H114O6/c1-4-7-10-13-16-18-20-22-24-25-26-27-28-29-30-31-32-33-34-35-36-37-38-39-40-41-43-44-46-48-51-54-57-60-66(69)72-63-64(62-71-65(68)59-56-53-50-15-12-9-6-3)73-67(70)61-58-55-52-49-47-45-42-23-21-19-17-14-11-8-5-2/h7-8,10-11,16-19,22-24,26-27,29-30,42,64H,4-6,9,12-15,20-21,25,28,31-41,43-63H2,1-3H3/b10-7-,11-8-,18-16-,19-17-,24-22-,27-26-,30-29-,42-23-. The second-order valence-corrected chi connectivity index (χ2v) is 20.2. The van der Waals surface area contributed by atoms with Gasteiger partial charge in [-0.25, -0.2) is 0 Å². The molecule has 0 spiro atoms. The number of hydrogen-bond acceptors (Lipinski definition) is 6. The Morgan fingerprint density at radius 2 is 0.534 bits per heavy atom. The third-order valence-electron chi connectivity index (χ3n) is 13.1. The second-order valence-electron chi connectivity index (χ2n) is 20.2. The van der Waals surface area contributed by atoms with Crippen LogP contribution in [0.4, 0.5) is 0 Å². The predicted molar refractivity (Wildman–Crippen MR) is 316 cm³/mol. The fourth-order valence-corrected chi connectivity index (χ4v) is 8.54. The van der Waals surface area contributed by atoms with Crippen molar-refractivity contribution in [2.45, 2.75) is 297 Å². The lowest BCUT2D eigenvalue weighted by molar-refractivity contribution is -0.167. The van der Waals surface area contributed by atoms with Crippen LogP contribution < -0.4 is 0 Å². The van der Waals surface area contributed by atoms with Crippen LogP contribution >= 0.6 is 0 Å². The molecule has 6 heteroatoms. The van der Waals surface area contributed by atoms with Gasteiger partial charge in [0.15, 0.2) is 6.10 Å². The lowest BCUT2D eigenvalue weighted by Crippen LogP contribution is -2.30. The Balaban J connectivity index is 4.03. The van der Waals surface area contributed by atoms with E-state index < -0.39 is 6.10 Å². The normalized spacial score (nSPS) is 12.8.